The van der Waals surface area contributed by atoms with Crippen molar-refractivity contribution in [2.24, 2.45) is 0 Å². The second-order valence-electron chi connectivity index (χ2n) is 2.57. The lowest BCUT2D eigenvalue weighted by Crippen LogP contribution is -2.26. The number of nitrogens with one attached hydrogen (secondary N) is 1. The van der Waals surface area contributed by atoms with Gasteiger partial charge < -0.3 is 5.32 Å². The summed E-state index contributed by atoms with van der Waals surface area (Å²) in [6.07, 6.45) is 4.01. The SMILES string of the molecule is C[CH]NC1(CC)CC1. The van der Waals surface area contributed by atoms with Crippen LogP contribution in [0.5, 0.6) is 0 Å². The van der Waals surface area contributed by atoms with E-state index in [2.05, 4.69) is 25.7 Å². The van der Waals surface area contributed by atoms with Crippen LogP contribution >= 0.6 is 0 Å². The van der Waals surface area contributed by atoms with Gasteiger partial charge in [0.15, 0.2) is 0 Å². The topological polar surface area (TPSA) is 12.0 Å². The smallest absolute Gasteiger partial charge is 0.0195 e. The molecule has 0 aromatic rings. The molecule has 0 spiro atoms. The summed E-state index contributed by atoms with van der Waals surface area (Å²) in [5, 5.41) is 3.36. The molecule has 1 rings (SSSR count). The lowest BCUT2D eigenvalue weighted by atomic mass is 10.2. The molecular weight excluding hydrogens is 98.1 g/mol. The molecule has 0 aromatic heterocycles. The molecule has 1 fully saturated rings. The highest BCUT2D eigenvalue weighted by Crippen LogP contribution is 2.38. The van der Waals surface area contributed by atoms with Gasteiger partial charge in [0.1, 0.15) is 0 Å². The van der Waals surface area contributed by atoms with E-state index in [1.54, 1.807) is 0 Å². The minimum atomic E-state index is 0.536. The molecule has 0 bridgehead atoms. The maximum atomic E-state index is 3.36. The summed E-state index contributed by atoms with van der Waals surface area (Å²) in [6, 6.07) is 0. The molecular formula is C7H14N. The largest absolute Gasteiger partial charge is 0.307 e. The highest BCUT2D eigenvalue weighted by molar-refractivity contribution is 5.01. The lowest BCUT2D eigenvalue weighted by molar-refractivity contribution is 0.533. The zero-order chi connectivity index (χ0) is 6.04. The van der Waals surface area contributed by atoms with Crippen LogP contribution in [0.15, 0.2) is 0 Å². The van der Waals surface area contributed by atoms with Crippen LogP contribution in [0.1, 0.15) is 33.1 Å². The molecule has 1 N–H and O–H groups in total. The van der Waals surface area contributed by atoms with E-state index in [1.807, 2.05) is 0 Å². The van der Waals surface area contributed by atoms with Gasteiger partial charge in [0.2, 0.25) is 0 Å². The van der Waals surface area contributed by atoms with Gasteiger partial charge in [-0.3, -0.25) is 0 Å². The zero-order valence-electron chi connectivity index (χ0n) is 5.70. The molecule has 0 saturated heterocycles. The maximum absolute atomic E-state index is 3.36. The van der Waals surface area contributed by atoms with Gasteiger partial charge in [0.25, 0.3) is 0 Å². The van der Waals surface area contributed by atoms with Crippen LogP contribution < -0.4 is 5.32 Å². The van der Waals surface area contributed by atoms with Gasteiger partial charge in [-0.1, -0.05) is 6.92 Å². The summed E-state index contributed by atoms with van der Waals surface area (Å²) in [4.78, 5) is 0. The molecule has 0 heterocycles. The molecule has 1 radical (unpaired) electrons. The van der Waals surface area contributed by atoms with Crippen LogP contribution in [0.3, 0.4) is 0 Å². The predicted octanol–water partition coefficient (Wildman–Crippen LogP) is 1.70. The van der Waals surface area contributed by atoms with Crippen molar-refractivity contribution in [2.75, 3.05) is 0 Å². The fraction of sp³-hybridized carbons (Fsp3) is 0.857. The van der Waals surface area contributed by atoms with E-state index in [4.69, 9.17) is 0 Å². The molecule has 0 amide bonds. The highest BCUT2D eigenvalue weighted by atomic mass is 15.0. The van der Waals surface area contributed by atoms with E-state index >= 15 is 0 Å². The Morgan fingerprint density at radius 3 is 2.38 bits per heavy atom. The van der Waals surface area contributed by atoms with Crippen LogP contribution in [0, 0.1) is 6.54 Å². The third-order valence-corrected chi connectivity index (χ3v) is 1.98. The van der Waals surface area contributed by atoms with Crippen molar-refractivity contribution in [3.05, 3.63) is 6.54 Å². The van der Waals surface area contributed by atoms with Gasteiger partial charge in [-0.2, -0.15) is 0 Å². The molecule has 47 valence electrons. The fourth-order valence-electron chi connectivity index (χ4n) is 1.06. The number of rotatable bonds is 3. The first kappa shape index (κ1) is 6.09. The van der Waals surface area contributed by atoms with Crippen molar-refractivity contribution in [2.45, 2.75) is 38.6 Å². The van der Waals surface area contributed by atoms with Crippen molar-refractivity contribution in [1.29, 1.82) is 0 Å². The van der Waals surface area contributed by atoms with Crippen LogP contribution in [0.4, 0.5) is 0 Å². The molecule has 1 nitrogen and oxygen atoms in total. The van der Waals surface area contributed by atoms with E-state index < -0.39 is 0 Å². The Bertz CT molecular complexity index is 74.5. The third-order valence-electron chi connectivity index (χ3n) is 1.98. The molecule has 0 aliphatic heterocycles. The number of hydrogen-bond acceptors (Lipinski definition) is 1. The average Bonchev–Trinajstić information content (AvgIpc) is 2.50. The van der Waals surface area contributed by atoms with Gasteiger partial charge in [-0.15, -0.1) is 0 Å². The maximum Gasteiger partial charge on any atom is 0.0195 e. The second kappa shape index (κ2) is 2.06. The second-order valence-corrected chi connectivity index (χ2v) is 2.57. The molecule has 1 saturated carbocycles. The highest BCUT2D eigenvalue weighted by Gasteiger charge is 2.39. The Morgan fingerprint density at radius 2 is 2.25 bits per heavy atom. The molecule has 1 aliphatic carbocycles. The van der Waals surface area contributed by atoms with E-state index in [0.717, 1.165) is 0 Å². The number of hydrogen-bond donors (Lipinski definition) is 1. The first-order valence-electron chi connectivity index (χ1n) is 3.38. The van der Waals surface area contributed by atoms with E-state index in [1.165, 1.54) is 19.3 Å². The van der Waals surface area contributed by atoms with Crippen LogP contribution in [0.25, 0.3) is 0 Å². The van der Waals surface area contributed by atoms with Gasteiger partial charge in [0.05, 0.1) is 0 Å². The summed E-state index contributed by atoms with van der Waals surface area (Å²) in [7, 11) is 0. The standard InChI is InChI=1S/C7H14N/c1-3-7(5-6-7)8-4-2/h4,8H,3,5-6H2,1-2H3. The Morgan fingerprint density at radius 1 is 1.62 bits per heavy atom. The monoisotopic (exact) mass is 112 g/mol. The Labute approximate surface area is 51.5 Å². The zero-order valence-corrected chi connectivity index (χ0v) is 5.70. The van der Waals surface area contributed by atoms with Gasteiger partial charge in [-0.25, -0.2) is 0 Å². The quantitative estimate of drug-likeness (QED) is 0.586. The van der Waals surface area contributed by atoms with Crippen molar-refractivity contribution >= 4 is 0 Å². The Kier molecular flexibility index (Phi) is 1.57. The molecule has 1 heteroatoms. The van der Waals surface area contributed by atoms with E-state index in [9.17, 15) is 0 Å². The molecule has 1 aliphatic rings. The first-order valence-corrected chi connectivity index (χ1v) is 3.38. The minimum Gasteiger partial charge on any atom is -0.307 e. The van der Waals surface area contributed by atoms with Crippen LogP contribution in [-0.2, 0) is 0 Å². The van der Waals surface area contributed by atoms with Gasteiger partial charge >= 0.3 is 0 Å². The van der Waals surface area contributed by atoms with Crippen molar-refractivity contribution in [1.82, 2.24) is 5.32 Å². The van der Waals surface area contributed by atoms with Crippen LogP contribution in [-0.4, -0.2) is 5.54 Å². The first-order chi connectivity index (χ1) is 3.83. The molecule has 8 heavy (non-hydrogen) atoms. The van der Waals surface area contributed by atoms with Crippen LogP contribution in [0.2, 0.25) is 0 Å². The predicted molar refractivity (Wildman–Crippen MR) is 35.4 cm³/mol. The Balaban J connectivity index is 2.20. The van der Waals surface area contributed by atoms with Crippen molar-refractivity contribution < 1.29 is 0 Å². The average molecular weight is 112 g/mol. The van der Waals surface area contributed by atoms with Gasteiger partial charge in [0, 0.05) is 12.1 Å². The minimum absolute atomic E-state index is 0.536. The van der Waals surface area contributed by atoms with E-state index in [-0.39, 0.29) is 0 Å². The third kappa shape index (κ3) is 1.03. The van der Waals surface area contributed by atoms with E-state index in [0.29, 0.717) is 5.54 Å². The van der Waals surface area contributed by atoms with Crippen molar-refractivity contribution in [3.8, 4) is 0 Å². The Hall–Kier alpha value is -0.0400. The normalized spacial score (nSPS) is 23.2. The molecule has 0 atom stereocenters. The molecule has 0 unspecified atom stereocenters. The summed E-state index contributed by atoms with van der Waals surface area (Å²) >= 11 is 0. The summed E-state index contributed by atoms with van der Waals surface area (Å²) in [5.74, 6) is 0. The summed E-state index contributed by atoms with van der Waals surface area (Å²) in [5.41, 5.74) is 0.536. The lowest BCUT2D eigenvalue weighted by Gasteiger charge is -2.11. The summed E-state index contributed by atoms with van der Waals surface area (Å²) in [6.45, 7) is 6.34. The summed E-state index contributed by atoms with van der Waals surface area (Å²) < 4.78 is 0. The van der Waals surface area contributed by atoms with Crippen molar-refractivity contribution in [3.63, 3.8) is 0 Å². The van der Waals surface area contributed by atoms with Gasteiger partial charge in [-0.05, 0) is 26.2 Å². The fourth-order valence-corrected chi connectivity index (χ4v) is 1.06. The molecule has 0 aromatic carbocycles.